The van der Waals surface area contributed by atoms with E-state index < -0.39 is 0 Å². The Kier molecular flexibility index (Phi) is 3.48. The lowest BCUT2D eigenvalue weighted by atomic mass is 10.3. The molecule has 74 valence electrons. The first-order chi connectivity index (χ1) is 6.20. The van der Waals surface area contributed by atoms with Gasteiger partial charge >= 0.3 is 0 Å². The zero-order valence-corrected chi connectivity index (χ0v) is 8.90. The molecule has 0 radical (unpaired) electrons. The normalized spacial score (nSPS) is 10.6. The van der Waals surface area contributed by atoms with Crippen molar-refractivity contribution in [2.75, 3.05) is 23.6 Å². The van der Waals surface area contributed by atoms with E-state index in [0.717, 1.165) is 30.1 Å². The smallest absolute Gasteiger partial charge is 0.146 e. The monoisotopic (exact) mass is 200 g/mol. The molecule has 0 unspecified atom stereocenters. The average Bonchev–Trinajstić information content (AvgIpc) is 2.41. The van der Waals surface area contributed by atoms with E-state index in [9.17, 15) is 0 Å². The predicted molar refractivity (Wildman–Crippen MR) is 58.3 cm³/mol. The summed E-state index contributed by atoms with van der Waals surface area (Å²) >= 11 is 1.78. The topological polar surface area (TPSA) is 69.9 Å². The molecule has 0 amide bonds. The molecule has 0 saturated carbocycles. The van der Waals surface area contributed by atoms with E-state index in [0.29, 0.717) is 5.82 Å². The van der Waals surface area contributed by atoms with Crippen molar-refractivity contribution in [3.05, 3.63) is 11.5 Å². The molecule has 0 aliphatic carbocycles. The van der Waals surface area contributed by atoms with E-state index in [1.54, 1.807) is 11.8 Å². The molecular weight excluding hydrogens is 184 g/mol. The highest BCUT2D eigenvalue weighted by molar-refractivity contribution is 7.98. The van der Waals surface area contributed by atoms with Gasteiger partial charge in [-0.1, -0.05) is 6.92 Å². The number of rotatable bonds is 4. The molecule has 0 saturated heterocycles. The van der Waals surface area contributed by atoms with Gasteiger partial charge in [0.15, 0.2) is 0 Å². The van der Waals surface area contributed by atoms with Gasteiger partial charge in [-0.05, 0) is 12.0 Å². The molecule has 0 spiro atoms. The summed E-state index contributed by atoms with van der Waals surface area (Å²) in [6, 6.07) is 0. The van der Waals surface area contributed by atoms with Crippen LogP contribution in [0.4, 0.5) is 5.82 Å². The quantitative estimate of drug-likeness (QED) is 0.700. The van der Waals surface area contributed by atoms with E-state index >= 15 is 0 Å². The van der Waals surface area contributed by atoms with Crippen molar-refractivity contribution >= 4 is 17.6 Å². The van der Waals surface area contributed by atoms with E-state index in [-0.39, 0.29) is 0 Å². The van der Waals surface area contributed by atoms with Crippen molar-refractivity contribution in [3.8, 4) is 0 Å². The largest absolute Gasteiger partial charge is 0.382 e. The third-order valence-electron chi connectivity index (χ3n) is 1.96. The predicted octanol–water partition coefficient (Wildman–Crippen LogP) is 0.647. The molecular formula is C8H16N4S. The van der Waals surface area contributed by atoms with E-state index in [2.05, 4.69) is 11.2 Å². The number of imidazole rings is 1. The standard InChI is InChI=1S/C8H16N4S/c1-3-7-11-6(4-5-13-2)8(9)12(7)10/h3-5,9-10H2,1-2H3. The highest BCUT2D eigenvalue weighted by atomic mass is 32.2. The zero-order chi connectivity index (χ0) is 9.84. The molecule has 4 N–H and O–H groups in total. The average molecular weight is 200 g/mol. The van der Waals surface area contributed by atoms with Gasteiger partial charge in [-0.3, -0.25) is 0 Å². The fourth-order valence-corrected chi connectivity index (χ4v) is 1.57. The number of nitrogens with two attached hydrogens (primary N) is 2. The van der Waals surface area contributed by atoms with Gasteiger partial charge in [0.2, 0.25) is 0 Å². The minimum absolute atomic E-state index is 0.603. The van der Waals surface area contributed by atoms with Crippen molar-refractivity contribution in [1.82, 2.24) is 9.66 Å². The van der Waals surface area contributed by atoms with Crippen molar-refractivity contribution in [1.29, 1.82) is 0 Å². The zero-order valence-electron chi connectivity index (χ0n) is 8.08. The molecule has 13 heavy (non-hydrogen) atoms. The van der Waals surface area contributed by atoms with Crippen LogP contribution in [0.3, 0.4) is 0 Å². The molecule has 4 nitrogen and oxygen atoms in total. The fourth-order valence-electron chi connectivity index (χ4n) is 1.18. The third-order valence-corrected chi connectivity index (χ3v) is 2.57. The number of anilines is 1. The van der Waals surface area contributed by atoms with Crippen LogP contribution in [0.5, 0.6) is 0 Å². The highest BCUT2D eigenvalue weighted by Crippen LogP contribution is 2.13. The van der Waals surface area contributed by atoms with Crippen molar-refractivity contribution in [2.24, 2.45) is 0 Å². The Labute approximate surface area is 82.7 Å². The van der Waals surface area contributed by atoms with Crippen LogP contribution < -0.4 is 11.6 Å². The third kappa shape index (κ3) is 2.09. The van der Waals surface area contributed by atoms with Crippen LogP contribution in [-0.4, -0.2) is 21.7 Å². The first kappa shape index (κ1) is 10.2. The Hall–Kier alpha value is -0.840. The van der Waals surface area contributed by atoms with Crippen LogP contribution in [0.1, 0.15) is 18.4 Å². The van der Waals surface area contributed by atoms with Crippen LogP contribution in [0.25, 0.3) is 0 Å². The van der Waals surface area contributed by atoms with Gasteiger partial charge in [0, 0.05) is 12.8 Å². The van der Waals surface area contributed by atoms with Crippen LogP contribution in [0.15, 0.2) is 0 Å². The second kappa shape index (κ2) is 4.41. The SMILES string of the molecule is CCc1nc(CCSC)c(N)n1N. The minimum Gasteiger partial charge on any atom is -0.382 e. The maximum Gasteiger partial charge on any atom is 0.146 e. The number of aromatic nitrogens is 2. The highest BCUT2D eigenvalue weighted by Gasteiger charge is 2.10. The van der Waals surface area contributed by atoms with Crippen LogP contribution in [-0.2, 0) is 12.8 Å². The van der Waals surface area contributed by atoms with E-state index in [1.165, 1.54) is 4.68 Å². The summed E-state index contributed by atoms with van der Waals surface area (Å²) in [7, 11) is 0. The second-order valence-electron chi connectivity index (χ2n) is 2.83. The molecule has 0 atom stereocenters. The molecule has 0 bridgehead atoms. The Morgan fingerprint density at radius 3 is 2.69 bits per heavy atom. The van der Waals surface area contributed by atoms with Crippen LogP contribution >= 0.6 is 11.8 Å². The number of hydrogen-bond donors (Lipinski definition) is 2. The van der Waals surface area contributed by atoms with E-state index in [4.69, 9.17) is 11.6 Å². The molecule has 0 aliphatic rings. The van der Waals surface area contributed by atoms with Gasteiger partial charge in [-0.15, -0.1) is 0 Å². The Morgan fingerprint density at radius 1 is 1.54 bits per heavy atom. The number of hydrogen-bond acceptors (Lipinski definition) is 4. The molecule has 1 aromatic rings. The Morgan fingerprint density at radius 2 is 2.23 bits per heavy atom. The molecule has 1 rings (SSSR count). The number of aryl methyl sites for hydroxylation is 2. The number of thioether (sulfide) groups is 1. The van der Waals surface area contributed by atoms with Gasteiger partial charge in [0.1, 0.15) is 11.6 Å². The lowest BCUT2D eigenvalue weighted by Crippen LogP contribution is -2.15. The first-order valence-electron chi connectivity index (χ1n) is 4.30. The molecule has 0 aromatic carbocycles. The van der Waals surface area contributed by atoms with Crippen LogP contribution in [0, 0.1) is 0 Å². The number of nitrogens with zero attached hydrogens (tertiary/aromatic N) is 2. The minimum atomic E-state index is 0.603. The molecule has 1 heterocycles. The van der Waals surface area contributed by atoms with Gasteiger partial charge in [0.25, 0.3) is 0 Å². The fraction of sp³-hybridized carbons (Fsp3) is 0.625. The van der Waals surface area contributed by atoms with Gasteiger partial charge in [0.05, 0.1) is 5.69 Å². The Balaban J connectivity index is 2.82. The van der Waals surface area contributed by atoms with Crippen molar-refractivity contribution < 1.29 is 0 Å². The summed E-state index contributed by atoms with van der Waals surface area (Å²) in [5.41, 5.74) is 6.71. The maximum absolute atomic E-state index is 5.79. The van der Waals surface area contributed by atoms with Crippen molar-refractivity contribution in [2.45, 2.75) is 19.8 Å². The summed E-state index contributed by atoms with van der Waals surface area (Å²) in [5, 5.41) is 0. The summed E-state index contributed by atoms with van der Waals surface area (Å²) in [6.45, 7) is 2.02. The Bertz CT molecular complexity index is 282. The second-order valence-corrected chi connectivity index (χ2v) is 3.81. The molecule has 1 aromatic heterocycles. The van der Waals surface area contributed by atoms with Gasteiger partial charge < -0.3 is 11.6 Å². The summed E-state index contributed by atoms with van der Waals surface area (Å²) in [5.74, 6) is 8.20. The number of nitrogen functional groups attached to an aromatic ring is 2. The van der Waals surface area contributed by atoms with Crippen molar-refractivity contribution in [3.63, 3.8) is 0 Å². The maximum atomic E-state index is 5.79. The lowest BCUT2D eigenvalue weighted by Gasteiger charge is -1.99. The molecule has 0 aliphatic heterocycles. The summed E-state index contributed by atoms with van der Waals surface area (Å²) in [4.78, 5) is 4.36. The molecule has 5 heteroatoms. The molecule has 0 fully saturated rings. The summed E-state index contributed by atoms with van der Waals surface area (Å²) < 4.78 is 1.48. The van der Waals surface area contributed by atoms with Crippen LogP contribution in [0.2, 0.25) is 0 Å². The summed E-state index contributed by atoms with van der Waals surface area (Å²) in [6.07, 6.45) is 3.78. The first-order valence-corrected chi connectivity index (χ1v) is 5.70. The lowest BCUT2D eigenvalue weighted by molar-refractivity contribution is 0.862. The van der Waals surface area contributed by atoms with Gasteiger partial charge in [-0.25, -0.2) is 9.66 Å². The van der Waals surface area contributed by atoms with Gasteiger partial charge in [-0.2, -0.15) is 11.8 Å². The van der Waals surface area contributed by atoms with E-state index in [1.807, 2.05) is 6.92 Å².